The first-order chi connectivity index (χ1) is 6.56. The van der Waals surface area contributed by atoms with Gasteiger partial charge < -0.3 is 4.74 Å². The Kier molecular flexibility index (Phi) is 3.63. The van der Waals surface area contributed by atoms with Gasteiger partial charge in [0, 0.05) is 0 Å². The Morgan fingerprint density at radius 1 is 1.57 bits per heavy atom. The van der Waals surface area contributed by atoms with Crippen LogP contribution in [0.4, 0.5) is 4.39 Å². The highest BCUT2D eigenvalue weighted by molar-refractivity contribution is 9.10. The van der Waals surface area contributed by atoms with Crippen molar-refractivity contribution in [2.24, 2.45) is 0 Å². The number of hydrogen-bond acceptors (Lipinski definition) is 2. The Morgan fingerprint density at radius 2 is 2.21 bits per heavy atom. The largest absolute Gasteiger partial charge is 0.462 e. The fourth-order valence-corrected chi connectivity index (χ4v) is 1.29. The summed E-state index contributed by atoms with van der Waals surface area (Å²) < 4.78 is 18.3. The molecule has 0 saturated heterocycles. The first-order valence-corrected chi connectivity index (χ1v) is 4.98. The standard InChI is InChI=1S/C10H10BrFO2/c1-3-14-10(13)7-4-6(2)9(11)8(12)5-7/h4-5H,3H2,1-2H3. The smallest absolute Gasteiger partial charge is 0.338 e. The van der Waals surface area contributed by atoms with Crippen molar-refractivity contribution in [1.29, 1.82) is 0 Å². The van der Waals surface area contributed by atoms with Crippen LogP contribution in [0.25, 0.3) is 0 Å². The molecule has 2 nitrogen and oxygen atoms in total. The van der Waals surface area contributed by atoms with Crippen molar-refractivity contribution in [3.63, 3.8) is 0 Å². The Bertz CT molecular complexity index is 340. The summed E-state index contributed by atoms with van der Waals surface area (Å²) in [5.41, 5.74) is 0.915. The molecule has 0 saturated carbocycles. The Morgan fingerprint density at radius 3 is 2.71 bits per heavy atom. The number of carbonyl (C=O) groups is 1. The zero-order valence-corrected chi connectivity index (χ0v) is 9.52. The van der Waals surface area contributed by atoms with Crippen LogP contribution in [0.15, 0.2) is 16.6 Å². The van der Waals surface area contributed by atoms with Crippen molar-refractivity contribution in [2.75, 3.05) is 6.61 Å². The van der Waals surface area contributed by atoms with Gasteiger partial charge in [-0.15, -0.1) is 0 Å². The van der Waals surface area contributed by atoms with Crippen molar-refractivity contribution >= 4 is 21.9 Å². The first kappa shape index (κ1) is 11.2. The highest BCUT2D eigenvalue weighted by Gasteiger charge is 2.11. The molecular weight excluding hydrogens is 251 g/mol. The van der Waals surface area contributed by atoms with E-state index in [1.54, 1.807) is 19.9 Å². The molecule has 0 aliphatic rings. The SMILES string of the molecule is CCOC(=O)c1cc(C)c(Br)c(F)c1. The van der Waals surface area contributed by atoms with Gasteiger partial charge >= 0.3 is 5.97 Å². The van der Waals surface area contributed by atoms with Gasteiger partial charge in [0.05, 0.1) is 16.6 Å². The monoisotopic (exact) mass is 260 g/mol. The molecule has 0 aromatic heterocycles. The first-order valence-electron chi connectivity index (χ1n) is 4.19. The fraction of sp³-hybridized carbons (Fsp3) is 0.300. The average molecular weight is 261 g/mol. The number of halogens is 2. The molecule has 0 fully saturated rings. The van der Waals surface area contributed by atoms with Crippen LogP contribution in [0.5, 0.6) is 0 Å². The summed E-state index contributed by atoms with van der Waals surface area (Å²) in [6.45, 7) is 3.71. The quantitative estimate of drug-likeness (QED) is 0.765. The average Bonchev–Trinajstić information content (AvgIpc) is 2.13. The minimum Gasteiger partial charge on any atom is -0.462 e. The molecule has 0 bridgehead atoms. The van der Waals surface area contributed by atoms with E-state index in [2.05, 4.69) is 15.9 Å². The van der Waals surface area contributed by atoms with Gasteiger partial charge in [-0.25, -0.2) is 9.18 Å². The van der Waals surface area contributed by atoms with Crippen LogP contribution in [0.1, 0.15) is 22.8 Å². The maximum absolute atomic E-state index is 13.2. The van der Waals surface area contributed by atoms with Gasteiger partial charge in [0.1, 0.15) is 5.82 Å². The van der Waals surface area contributed by atoms with Gasteiger partial charge in [0.2, 0.25) is 0 Å². The lowest BCUT2D eigenvalue weighted by Gasteiger charge is -2.05. The van der Waals surface area contributed by atoms with Crippen LogP contribution in [0, 0.1) is 12.7 Å². The molecule has 76 valence electrons. The number of benzene rings is 1. The minimum absolute atomic E-state index is 0.241. The molecule has 1 aromatic carbocycles. The zero-order chi connectivity index (χ0) is 10.7. The van der Waals surface area contributed by atoms with Crippen molar-refractivity contribution < 1.29 is 13.9 Å². The van der Waals surface area contributed by atoms with Gasteiger partial charge in [-0.1, -0.05) is 0 Å². The minimum atomic E-state index is -0.498. The maximum Gasteiger partial charge on any atom is 0.338 e. The molecule has 4 heteroatoms. The van der Waals surface area contributed by atoms with Crippen LogP contribution in [0.2, 0.25) is 0 Å². The van der Waals surface area contributed by atoms with Crippen LogP contribution in [0.3, 0.4) is 0 Å². The molecule has 0 atom stereocenters. The highest BCUT2D eigenvalue weighted by atomic mass is 79.9. The summed E-state index contributed by atoms with van der Waals surface area (Å²) in [6.07, 6.45) is 0. The predicted octanol–water partition coefficient (Wildman–Crippen LogP) is 3.07. The summed E-state index contributed by atoms with van der Waals surface area (Å²) in [7, 11) is 0. The molecule has 14 heavy (non-hydrogen) atoms. The van der Waals surface area contributed by atoms with E-state index < -0.39 is 11.8 Å². The second-order valence-corrected chi connectivity index (χ2v) is 3.60. The Hall–Kier alpha value is -0.900. The molecule has 0 spiro atoms. The zero-order valence-electron chi connectivity index (χ0n) is 7.93. The van der Waals surface area contributed by atoms with E-state index in [-0.39, 0.29) is 12.2 Å². The lowest BCUT2D eigenvalue weighted by molar-refractivity contribution is 0.0525. The van der Waals surface area contributed by atoms with E-state index in [0.717, 1.165) is 6.07 Å². The third-order valence-electron chi connectivity index (χ3n) is 1.72. The molecule has 0 radical (unpaired) electrons. The van der Waals surface area contributed by atoms with Crippen molar-refractivity contribution in [1.82, 2.24) is 0 Å². The fourth-order valence-electron chi connectivity index (χ4n) is 1.06. The molecule has 0 unspecified atom stereocenters. The number of carbonyl (C=O) groups excluding carboxylic acids is 1. The van der Waals surface area contributed by atoms with E-state index in [1.807, 2.05) is 0 Å². The lowest BCUT2D eigenvalue weighted by atomic mass is 10.1. The molecule has 0 heterocycles. The van der Waals surface area contributed by atoms with Gasteiger partial charge in [-0.3, -0.25) is 0 Å². The summed E-state index contributed by atoms with van der Waals surface area (Å²) in [5, 5.41) is 0. The van der Waals surface area contributed by atoms with E-state index >= 15 is 0 Å². The summed E-state index contributed by atoms with van der Waals surface area (Å²) >= 11 is 3.07. The number of hydrogen-bond donors (Lipinski definition) is 0. The van der Waals surface area contributed by atoms with Gasteiger partial charge in [-0.05, 0) is 47.5 Å². The third kappa shape index (κ3) is 2.32. The van der Waals surface area contributed by atoms with E-state index in [0.29, 0.717) is 10.0 Å². The number of rotatable bonds is 2. The highest BCUT2D eigenvalue weighted by Crippen LogP contribution is 2.22. The molecular formula is C10H10BrFO2. The third-order valence-corrected chi connectivity index (χ3v) is 2.73. The maximum atomic E-state index is 13.2. The number of esters is 1. The van der Waals surface area contributed by atoms with Gasteiger partial charge in [0.15, 0.2) is 0 Å². The second-order valence-electron chi connectivity index (χ2n) is 2.81. The van der Waals surface area contributed by atoms with Crippen LogP contribution < -0.4 is 0 Å². The van der Waals surface area contributed by atoms with E-state index in [1.165, 1.54) is 0 Å². The molecule has 0 amide bonds. The molecule has 0 aliphatic heterocycles. The Balaban J connectivity index is 3.06. The van der Waals surface area contributed by atoms with Crippen molar-refractivity contribution in [3.05, 3.63) is 33.5 Å². The predicted molar refractivity (Wildman–Crippen MR) is 54.8 cm³/mol. The number of aryl methyl sites for hydroxylation is 1. The van der Waals surface area contributed by atoms with Gasteiger partial charge in [-0.2, -0.15) is 0 Å². The molecule has 0 N–H and O–H groups in total. The van der Waals surface area contributed by atoms with Crippen molar-refractivity contribution in [3.8, 4) is 0 Å². The van der Waals surface area contributed by atoms with E-state index in [9.17, 15) is 9.18 Å². The van der Waals surface area contributed by atoms with Crippen molar-refractivity contribution in [2.45, 2.75) is 13.8 Å². The summed E-state index contributed by atoms with van der Waals surface area (Å²) in [5.74, 6) is -0.949. The second kappa shape index (κ2) is 4.55. The van der Waals surface area contributed by atoms with Gasteiger partial charge in [0.25, 0.3) is 0 Å². The van der Waals surface area contributed by atoms with Crippen LogP contribution in [-0.2, 0) is 4.74 Å². The summed E-state index contributed by atoms with van der Waals surface area (Å²) in [6, 6.07) is 2.75. The normalized spacial score (nSPS) is 10.0. The lowest BCUT2D eigenvalue weighted by Crippen LogP contribution is -2.05. The number of ether oxygens (including phenoxy) is 1. The summed E-state index contributed by atoms with van der Waals surface area (Å²) in [4.78, 5) is 11.3. The molecule has 0 aliphatic carbocycles. The Labute approximate surface area is 90.2 Å². The van der Waals surface area contributed by atoms with Crippen LogP contribution >= 0.6 is 15.9 Å². The van der Waals surface area contributed by atoms with E-state index in [4.69, 9.17) is 4.74 Å². The van der Waals surface area contributed by atoms with Crippen LogP contribution in [-0.4, -0.2) is 12.6 Å². The topological polar surface area (TPSA) is 26.3 Å². The molecule has 1 rings (SSSR count). The molecule has 1 aromatic rings.